The average molecular weight is 300 g/mol. The van der Waals surface area contributed by atoms with Crippen LogP contribution < -0.4 is 5.73 Å². The van der Waals surface area contributed by atoms with E-state index in [1.807, 2.05) is 18.5 Å². The highest BCUT2D eigenvalue weighted by Crippen LogP contribution is 2.24. The zero-order valence-electron chi connectivity index (χ0n) is 12.9. The number of Topliss-reactive ketones (excluding diaryl/α,β-unsaturated/α-hetero) is 1. The third kappa shape index (κ3) is 4.06. The topological polar surface area (TPSA) is 60.9 Å². The number of nitrogens with two attached hydrogens (primary N) is 1. The largest absolute Gasteiger partial charge is 0.330 e. The van der Waals surface area contributed by atoms with E-state index < -0.39 is 0 Å². The normalized spacial score (nSPS) is 12.9. The maximum Gasteiger partial charge on any atom is 0.143 e. The summed E-state index contributed by atoms with van der Waals surface area (Å²) in [5, 5.41) is 5.09. The lowest BCUT2D eigenvalue weighted by Crippen LogP contribution is -2.27. The van der Waals surface area contributed by atoms with Crippen molar-refractivity contribution >= 4 is 17.4 Å². The molecule has 20 heavy (non-hydrogen) atoms. The van der Waals surface area contributed by atoms with Crippen molar-refractivity contribution in [1.29, 1.82) is 0 Å². The molecule has 1 heterocycles. The Kier molecular flexibility index (Phi) is 6.69. The Morgan fingerprint density at radius 1 is 1.40 bits per heavy atom. The molecule has 0 saturated heterocycles. The second-order valence-electron chi connectivity index (χ2n) is 5.58. The maximum absolute atomic E-state index is 12.4. The van der Waals surface area contributed by atoms with Gasteiger partial charge in [-0.3, -0.25) is 9.48 Å². The van der Waals surface area contributed by atoms with E-state index in [-0.39, 0.29) is 11.7 Å². The molecule has 0 amide bonds. The fraction of sp³-hybridized carbons (Fsp3) is 0.733. The molecule has 0 aliphatic carbocycles. The first-order valence-corrected chi connectivity index (χ1v) is 7.79. The summed E-state index contributed by atoms with van der Waals surface area (Å²) in [6, 6.07) is 0. The number of carbonyl (C=O) groups is 1. The number of rotatable bonds is 8. The van der Waals surface area contributed by atoms with Crippen LogP contribution in [-0.4, -0.2) is 22.1 Å². The lowest BCUT2D eigenvalue weighted by molar-refractivity contribution is -0.122. The molecule has 2 N–H and O–H groups in total. The number of hydrogen-bond acceptors (Lipinski definition) is 3. The summed E-state index contributed by atoms with van der Waals surface area (Å²) in [5.41, 5.74) is 7.44. The summed E-state index contributed by atoms with van der Waals surface area (Å²) in [6.45, 7) is 9.35. The van der Waals surface area contributed by atoms with Gasteiger partial charge in [0.15, 0.2) is 0 Å². The van der Waals surface area contributed by atoms with E-state index in [1.54, 1.807) is 0 Å². The fourth-order valence-corrected chi connectivity index (χ4v) is 2.76. The predicted molar refractivity (Wildman–Crippen MR) is 83.0 cm³/mol. The highest BCUT2D eigenvalue weighted by atomic mass is 35.5. The van der Waals surface area contributed by atoms with Gasteiger partial charge in [-0.05, 0) is 25.7 Å². The fourth-order valence-electron chi connectivity index (χ4n) is 2.42. The van der Waals surface area contributed by atoms with Gasteiger partial charge in [-0.25, -0.2) is 0 Å². The number of ketones is 1. The van der Waals surface area contributed by atoms with Gasteiger partial charge in [-0.15, -0.1) is 0 Å². The van der Waals surface area contributed by atoms with E-state index in [0.29, 0.717) is 23.9 Å². The molecular weight excluding hydrogens is 274 g/mol. The molecular formula is C15H26ClN3O. The number of carbonyl (C=O) groups excluding carboxylic acids is 1. The average Bonchev–Trinajstić information content (AvgIpc) is 2.72. The van der Waals surface area contributed by atoms with E-state index in [9.17, 15) is 4.79 Å². The van der Waals surface area contributed by atoms with Gasteiger partial charge in [0, 0.05) is 19.0 Å². The molecule has 5 heteroatoms. The van der Waals surface area contributed by atoms with E-state index >= 15 is 0 Å². The molecule has 4 nitrogen and oxygen atoms in total. The van der Waals surface area contributed by atoms with Crippen molar-refractivity contribution in [2.24, 2.45) is 17.6 Å². The SMILES string of the molecule is CCc1nn(CC)c(CC(=O)C(CN)CC(C)C)c1Cl. The molecule has 1 atom stereocenters. The van der Waals surface area contributed by atoms with E-state index in [0.717, 1.165) is 30.8 Å². The van der Waals surface area contributed by atoms with E-state index in [4.69, 9.17) is 17.3 Å². The van der Waals surface area contributed by atoms with Crippen molar-refractivity contribution < 1.29 is 4.79 Å². The third-order valence-corrected chi connectivity index (χ3v) is 3.97. The van der Waals surface area contributed by atoms with Crippen molar-refractivity contribution in [1.82, 2.24) is 9.78 Å². The van der Waals surface area contributed by atoms with Gasteiger partial charge >= 0.3 is 0 Å². The van der Waals surface area contributed by atoms with Crippen LogP contribution >= 0.6 is 11.6 Å². The molecule has 0 saturated carbocycles. The summed E-state index contributed by atoms with van der Waals surface area (Å²) in [6.07, 6.45) is 1.93. The van der Waals surface area contributed by atoms with Gasteiger partial charge in [0.25, 0.3) is 0 Å². The van der Waals surface area contributed by atoms with Crippen LogP contribution in [0, 0.1) is 11.8 Å². The maximum atomic E-state index is 12.4. The number of hydrogen-bond donors (Lipinski definition) is 1. The summed E-state index contributed by atoms with van der Waals surface area (Å²) in [5.74, 6) is 0.543. The molecule has 0 radical (unpaired) electrons. The van der Waals surface area contributed by atoms with Gasteiger partial charge in [-0.1, -0.05) is 32.4 Å². The Balaban J connectivity index is 2.91. The zero-order valence-corrected chi connectivity index (χ0v) is 13.7. The van der Waals surface area contributed by atoms with Gasteiger partial charge in [-0.2, -0.15) is 5.10 Å². The molecule has 0 spiro atoms. The van der Waals surface area contributed by atoms with Crippen molar-refractivity contribution in [2.45, 2.75) is 53.5 Å². The van der Waals surface area contributed by atoms with Gasteiger partial charge in [0.2, 0.25) is 0 Å². The zero-order chi connectivity index (χ0) is 15.3. The highest BCUT2D eigenvalue weighted by Gasteiger charge is 2.23. The minimum Gasteiger partial charge on any atom is -0.330 e. The van der Waals surface area contributed by atoms with Crippen LogP contribution in [0.15, 0.2) is 0 Å². The van der Waals surface area contributed by atoms with Crippen LogP contribution in [0.4, 0.5) is 0 Å². The molecule has 0 bridgehead atoms. The number of aryl methyl sites for hydroxylation is 2. The molecule has 0 aliphatic heterocycles. The second-order valence-corrected chi connectivity index (χ2v) is 5.96. The van der Waals surface area contributed by atoms with Gasteiger partial charge in [0.05, 0.1) is 22.8 Å². The van der Waals surface area contributed by atoms with Crippen molar-refractivity contribution in [3.8, 4) is 0 Å². The van der Waals surface area contributed by atoms with Crippen LogP contribution in [0.2, 0.25) is 5.02 Å². The molecule has 1 rings (SSSR count). The number of nitrogens with zero attached hydrogens (tertiary/aromatic N) is 2. The summed E-state index contributed by atoms with van der Waals surface area (Å²) in [4.78, 5) is 12.4. The standard InChI is InChI=1S/C15H26ClN3O/c1-5-12-15(16)13(19(6-2)18-12)8-14(20)11(9-17)7-10(3)4/h10-11H,5-9,17H2,1-4H3. The molecule has 1 unspecified atom stereocenters. The molecule has 0 fully saturated rings. The lowest BCUT2D eigenvalue weighted by atomic mass is 9.91. The van der Waals surface area contributed by atoms with Crippen molar-refractivity contribution in [3.05, 3.63) is 16.4 Å². The monoisotopic (exact) mass is 299 g/mol. The van der Waals surface area contributed by atoms with Crippen LogP contribution in [0.25, 0.3) is 0 Å². The van der Waals surface area contributed by atoms with Crippen LogP contribution in [0.3, 0.4) is 0 Å². The van der Waals surface area contributed by atoms with Crippen molar-refractivity contribution in [2.75, 3.05) is 6.54 Å². The number of halogens is 1. The molecule has 114 valence electrons. The molecule has 0 aliphatic rings. The predicted octanol–water partition coefficient (Wildman–Crippen LogP) is 2.85. The first-order valence-electron chi connectivity index (χ1n) is 7.41. The Labute approximate surface area is 126 Å². The first-order chi connectivity index (χ1) is 9.44. The molecule has 1 aromatic rings. The quantitative estimate of drug-likeness (QED) is 0.803. The van der Waals surface area contributed by atoms with Gasteiger partial charge < -0.3 is 5.73 Å². The highest BCUT2D eigenvalue weighted by molar-refractivity contribution is 6.32. The lowest BCUT2D eigenvalue weighted by Gasteiger charge is -2.16. The minimum absolute atomic E-state index is 0.0867. The smallest absolute Gasteiger partial charge is 0.143 e. The summed E-state index contributed by atoms with van der Waals surface area (Å²) in [7, 11) is 0. The summed E-state index contributed by atoms with van der Waals surface area (Å²) >= 11 is 6.34. The Hall–Kier alpha value is -0.870. The number of aromatic nitrogens is 2. The molecule has 1 aromatic heterocycles. The van der Waals surface area contributed by atoms with Crippen LogP contribution in [-0.2, 0) is 24.2 Å². The Morgan fingerprint density at radius 3 is 2.50 bits per heavy atom. The van der Waals surface area contributed by atoms with Crippen molar-refractivity contribution in [3.63, 3.8) is 0 Å². The van der Waals surface area contributed by atoms with Crippen LogP contribution in [0.1, 0.15) is 45.5 Å². The second kappa shape index (κ2) is 7.79. The third-order valence-electron chi connectivity index (χ3n) is 3.53. The minimum atomic E-state index is -0.0867. The summed E-state index contributed by atoms with van der Waals surface area (Å²) < 4.78 is 1.84. The Morgan fingerprint density at radius 2 is 2.05 bits per heavy atom. The van der Waals surface area contributed by atoms with Crippen LogP contribution in [0.5, 0.6) is 0 Å². The van der Waals surface area contributed by atoms with E-state index in [2.05, 4.69) is 18.9 Å². The first kappa shape index (κ1) is 17.2. The Bertz CT molecular complexity index is 454. The van der Waals surface area contributed by atoms with E-state index in [1.165, 1.54) is 0 Å². The van der Waals surface area contributed by atoms with Gasteiger partial charge in [0.1, 0.15) is 5.78 Å². The molecule has 0 aromatic carbocycles.